The predicted octanol–water partition coefficient (Wildman–Crippen LogP) is 4.28. The Kier molecular flexibility index (Phi) is 8.37. The van der Waals surface area contributed by atoms with E-state index in [1.165, 1.54) is 46.2 Å². The zero-order valence-corrected chi connectivity index (χ0v) is 24.0. The summed E-state index contributed by atoms with van der Waals surface area (Å²) >= 11 is 0. The Hall–Kier alpha value is -5.60. The Labute approximate surface area is 251 Å². The van der Waals surface area contributed by atoms with Crippen LogP contribution in [0.25, 0.3) is 17.1 Å². The van der Waals surface area contributed by atoms with Gasteiger partial charge < -0.3 is 25.3 Å². The van der Waals surface area contributed by atoms with Crippen molar-refractivity contribution >= 4 is 35.4 Å². The second-order valence-corrected chi connectivity index (χ2v) is 11.0. The Bertz CT molecular complexity index is 1710. The third-order valence-electron chi connectivity index (χ3n) is 6.33. The van der Waals surface area contributed by atoms with Gasteiger partial charge in [0.1, 0.15) is 17.7 Å². The van der Waals surface area contributed by atoms with Gasteiger partial charge in [0.2, 0.25) is 5.89 Å². The van der Waals surface area contributed by atoms with Crippen molar-refractivity contribution in [1.82, 2.24) is 19.7 Å². The molecule has 1 aliphatic rings. The highest BCUT2D eigenvalue weighted by molar-refractivity contribution is 6.07. The number of hydrogen-bond donors (Lipinski definition) is 3. The standard InChI is InChI=1S/C29H29N7O7.FH/c1-29(2,3)43-28(41)35(13-16-4-5-16)22-12-18(10-11-31-22)26-33-21(15-42-26)25(38)32-20-14-36(34-23(20)24(30)37)19-8-6-17(7-9-19)27(39)40;/h6-12,14-16H,4-5,13H2,1-3H3,(H2,30,37)(H,32,38)(H,39,40);1H/i/hD. The third kappa shape index (κ3) is 7.24. The summed E-state index contributed by atoms with van der Waals surface area (Å²) in [4.78, 5) is 59.3. The average molecular weight is 609 g/mol. The minimum absolute atomic E-state index is 0.0173. The maximum Gasteiger partial charge on any atom is 0.416 e. The van der Waals surface area contributed by atoms with Crippen LogP contribution in [0.2, 0.25) is 0 Å². The summed E-state index contributed by atoms with van der Waals surface area (Å²) in [7, 11) is 0. The zero-order chi connectivity index (χ0) is 32.9. The quantitative estimate of drug-likeness (QED) is 0.247. The fourth-order valence-corrected chi connectivity index (χ4v) is 4.07. The van der Waals surface area contributed by atoms with Crippen LogP contribution in [0.3, 0.4) is 0 Å². The highest BCUT2D eigenvalue weighted by Crippen LogP contribution is 2.33. The van der Waals surface area contributed by atoms with E-state index in [1.54, 1.807) is 32.9 Å². The van der Waals surface area contributed by atoms with Gasteiger partial charge in [-0.15, -0.1) is 0 Å². The van der Waals surface area contributed by atoms with Gasteiger partial charge in [0.05, 0.1) is 23.1 Å². The van der Waals surface area contributed by atoms with E-state index in [1.807, 2.05) is 0 Å². The van der Waals surface area contributed by atoms with E-state index >= 15 is 0 Å². The highest BCUT2D eigenvalue weighted by Gasteiger charge is 2.31. The number of carboxylic acids is 1. The number of nitrogens with zero attached hydrogens (tertiary/aromatic N) is 5. The van der Waals surface area contributed by atoms with Crippen LogP contribution in [0.5, 0.6) is 0 Å². The van der Waals surface area contributed by atoms with E-state index in [-0.39, 0.29) is 28.5 Å². The fraction of sp³-hybridized carbons (Fsp3) is 0.276. The molecule has 5 rings (SSSR count). The smallest absolute Gasteiger partial charge is 0.416 e. The van der Waals surface area contributed by atoms with Crippen molar-refractivity contribution in [2.75, 3.05) is 16.8 Å². The Morgan fingerprint density at radius 3 is 2.52 bits per heavy atom. The highest BCUT2D eigenvalue weighted by atomic mass is 19.0. The van der Waals surface area contributed by atoms with Gasteiger partial charge in [0, 0.05) is 18.3 Å². The maximum atomic E-state index is 13.1. The van der Waals surface area contributed by atoms with Gasteiger partial charge in [-0.2, -0.15) is 5.10 Å². The van der Waals surface area contributed by atoms with Crippen LogP contribution in [-0.4, -0.2) is 62.3 Å². The number of carbonyl (C=O) groups excluding carboxylic acids is 3. The van der Waals surface area contributed by atoms with Gasteiger partial charge in [-0.1, -0.05) is 0 Å². The van der Waals surface area contributed by atoms with E-state index in [9.17, 15) is 19.2 Å². The first kappa shape index (κ1) is 29.9. The third-order valence-corrected chi connectivity index (χ3v) is 6.33. The number of halogens is 1. The van der Waals surface area contributed by atoms with Crippen LogP contribution in [0.15, 0.2) is 59.5 Å². The summed E-state index contributed by atoms with van der Waals surface area (Å²) in [6.07, 6.45) is 5.55. The molecular formula is C29H30FN7O7. The second kappa shape index (κ2) is 12.3. The van der Waals surface area contributed by atoms with Crippen molar-refractivity contribution in [2.24, 2.45) is 11.7 Å². The van der Waals surface area contributed by atoms with Crippen molar-refractivity contribution in [1.29, 1.82) is 1.45 Å². The fourth-order valence-electron chi connectivity index (χ4n) is 4.07. The lowest BCUT2D eigenvalue weighted by molar-refractivity contribution is 0.0576. The average Bonchev–Trinajstić information content (AvgIpc) is 3.50. The summed E-state index contributed by atoms with van der Waals surface area (Å²) in [5.74, 6) is -1.84. The number of anilines is 2. The molecule has 3 aromatic heterocycles. The minimum atomic E-state index is -1.09. The normalized spacial score (nSPS) is 12.8. The van der Waals surface area contributed by atoms with E-state index in [0.29, 0.717) is 29.5 Å². The molecule has 4 N–H and O–H groups in total. The topological polar surface area (TPSA) is 196 Å². The number of nitrogens with one attached hydrogen (secondary N) is 1. The van der Waals surface area contributed by atoms with Crippen LogP contribution in [0.1, 0.15) is 64.9 Å². The van der Waals surface area contributed by atoms with Gasteiger partial charge in [-0.05, 0) is 75.9 Å². The predicted molar refractivity (Wildman–Crippen MR) is 156 cm³/mol. The number of ether oxygens (including phenoxy) is 1. The summed E-state index contributed by atoms with van der Waals surface area (Å²) < 4.78 is 25.4. The first-order valence-corrected chi connectivity index (χ1v) is 13.3. The number of aromatic nitrogens is 4. The van der Waals surface area contributed by atoms with Crippen molar-refractivity contribution < 1.29 is 38.2 Å². The molecule has 0 radical (unpaired) electrons. The monoisotopic (exact) mass is 608 g/mol. The molecule has 0 spiro atoms. The van der Waals surface area contributed by atoms with Crippen LogP contribution < -0.4 is 16.0 Å². The number of amides is 3. The van der Waals surface area contributed by atoms with Crippen molar-refractivity contribution in [3.63, 3.8) is 0 Å². The molecule has 1 fully saturated rings. The Morgan fingerprint density at radius 2 is 1.91 bits per heavy atom. The number of nitrogens with two attached hydrogens (primary N) is 1. The summed E-state index contributed by atoms with van der Waals surface area (Å²) in [6, 6.07) is 9.00. The molecule has 3 amide bonds. The lowest BCUT2D eigenvalue weighted by atomic mass is 10.2. The number of benzene rings is 1. The largest absolute Gasteiger partial charge is 0.478 e. The number of aromatic carboxylic acids is 1. The number of rotatable bonds is 9. The first-order chi connectivity index (χ1) is 21.4. The van der Waals surface area contributed by atoms with Gasteiger partial charge in [0.15, 0.2) is 11.4 Å². The van der Waals surface area contributed by atoms with Gasteiger partial charge >= 0.3 is 12.1 Å². The Morgan fingerprint density at radius 1 is 1.20 bits per heavy atom. The number of carboxylic acid groups (broad SMARTS) is 1. The molecule has 4 aromatic rings. The molecule has 1 aliphatic carbocycles. The van der Waals surface area contributed by atoms with Gasteiger partial charge in [0.25, 0.3) is 13.3 Å². The maximum absolute atomic E-state index is 13.1. The lowest BCUT2D eigenvalue weighted by Gasteiger charge is -2.27. The molecule has 0 bridgehead atoms. The number of hydrogen-bond acceptors (Lipinski definition) is 9. The molecule has 0 saturated heterocycles. The second-order valence-electron chi connectivity index (χ2n) is 11.0. The molecular weight excluding hydrogens is 577 g/mol. The summed E-state index contributed by atoms with van der Waals surface area (Å²) in [5.41, 5.74) is 5.49. The van der Waals surface area contributed by atoms with Crippen LogP contribution >= 0.6 is 0 Å². The molecule has 230 valence electrons. The molecule has 1 saturated carbocycles. The number of primary amides is 1. The molecule has 0 atom stereocenters. The first-order valence-electron chi connectivity index (χ1n) is 13.7. The van der Waals surface area contributed by atoms with E-state index in [2.05, 4.69) is 21.8 Å². The van der Waals surface area contributed by atoms with Gasteiger partial charge in [-0.3, -0.25) is 19.2 Å². The van der Waals surface area contributed by atoms with Crippen molar-refractivity contribution in [2.45, 2.75) is 39.2 Å². The van der Waals surface area contributed by atoms with Crippen molar-refractivity contribution in [3.8, 4) is 17.1 Å². The zero-order valence-electron chi connectivity index (χ0n) is 25.0. The van der Waals surface area contributed by atoms with Crippen LogP contribution in [0, 0.1) is 5.92 Å². The SMILES string of the molecule is CC(C)(C)OC(=O)N(CC1CC1)c1cc(-c2nc(C(=O)Nc3cn(-c4ccc(C(=O)O)cc4)nc3C(N)=O)co2)ccn1.[2H]F. The lowest BCUT2D eigenvalue weighted by Crippen LogP contribution is -2.38. The molecule has 0 aliphatic heterocycles. The number of pyridine rings is 1. The molecule has 14 nitrogen and oxygen atoms in total. The number of oxazole rings is 1. The molecule has 3 heterocycles. The summed E-state index contributed by atoms with van der Waals surface area (Å²) in [6.45, 7) is 5.84. The molecule has 0 unspecified atom stereocenters. The molecule has 1 aromatic carbocycles. The van der Waals surface area contributed by atoms with E-state index < -0.39 is 29.5 Å². The van der Waals surface area contributed by atoms with Crippen LogP contribution in [0.4, 0.5) is 21.0 Å². The number of carbonyl (C=O) groups is 4. The molecule has 15 heteroatoms. The van der Waals surface area contributed by atoms with E-state index in [0.717, 1.165) is 19.1 Å². The van der Waals surface area contributed by atoms with Crippen LogP contribution in [-0.2, 0) is 4.74 Å². The van der Waals surface area contributed by atoms with Gasteiger partial charge in [-0.25, -0.2) is 24.2 Å². The Balaban J connectivity index is 0.00000226. The van der Waals surface area contributed by atoms with Crippen molar-refractivity contribution in [3.05, 3.63) is 72.0 Å². The summed E-state index contributed by atoms with van der Waals surface area (Å²) in [5, 5.41) is 15.8. The minimum Gasteiger partial charge on any atom is -0.478 e. The molecule has 44 heavy (non-hydrogen) atoms. The van der Waals surface area contributed by atoms with E-state index in [4.69, 9.17) is 24.7 Å².